The second-order valence-electron chi connectivity index (χ2n) is 4.39. The van der Waals surface area contributed by atoms with Crippen molar-refractivity contribution in [3.8, 4) is 5.75 Å². The SMILES string of the molecule is CC1(C)COc2c(Br)cc(F)cc2NC1=O. The molecule has 1 aliphatic heterocycles. The summed E-state index contributed by atoms with van der Waals surface area (Å²) in [5.41, 5.74) is -0.267. The molecule has 1 N–H and O–H groups in total. The highest BCUT2D eigenvalue weighted by molar-refractivity contribution is 9.10. The number of amides is 1. The molecule has 1 aromatic carbocycles. The highest BCUT2D eigenvalue weighted by Gasteiger charge is 2.33. The van der Waals surface area contributed by atoms with Crippen molar-refractivity contribution in [2.45, 2.75) is 13.8 Å². The van der Waals surface area contributed by atoms with Gasteiger partial charge in [-0.05, 0) is 35.8 Å². The van der Waals surface area contributed by atoms with Crippen LogP contribution in [0.15, 0.2) is 16.6 Å². The van der Waals surface area contributed by atoms with Gasteiger partial charge in [0.05, 0.1) is 15.6 Å². The van der Waals surface area contributed by atoms with E-state index in [0.717, 1.165) is 0 Å². The average Bonchev–Trinajstić information content (AvgIpc) is 2.25. The van der Waals surface area contributed by atoms with Gasteiger partial charge in [0.15, 0.2) is 5.75 Å². The van der Waals surface area contributed by atoms with Gasteiger partial charge in [-0.3, -0.25) is 4.79 Å². The molecule has 1 aliphatic rings. The van der Waals surface area contributed by atoms with Crippen LogP contribution in [-0.2, 0) is 4.79 Å². The number of fused-ring (bicyclic) bond motifs is 1. The first-order valence-corrected chi connectivity index (χ1v) is 5.63. The lowest BCUT2D eigenvalue weighted by Crippen LogP contribution is -2.33. The summed E-state index contributed by atoms with van der Waals surface area (Å²) in [6, 6.07) is 2.56. The van der Waals surface area contributed by atoms with Gasteiger partial charge >= 0.3 is 0 Å². The molecular formula is C11H11BrFNO2. The molecular weight excluding hydrogens is 277 g/mol. The molecule has 0 bridgehead atoms. The van der Waals surface area contributed by atoms with Crippen LogP contribution in [0.3, 0.4) is 0 Å². The van der Waals surface area contributed by atoms with Crippen LogP contribution in [0, 0.1) is 11.2 Å². The minimum absolute atomic E-state index is 0.177. The molecule has 3 nitrogen and oxygen atoms in total. The van der Waals surface area contributed by atoms with Crippen LogP contribution in [0.4, 0.5) is 10.1 Å². The summed E-state index contributed by atoms with van der Waals surface area (Å²) in [7, 11) is 0. The van der Waals surface area contributed by atoms with Crippen LogP contribution in [-0.4, -0.2) is 12.5 Å². The quantitative estimate of drug-likeness (QED) is 0.797. The van der Waals surface area contributed by atoms with Crippen LogP contribution in [0.5, 0.6) is 5.75 Å². The topological polar surface area (TPSA) is 38.3 Å². The lowest BCUT2D eigenvalue weighted by Gasteiger charge is -2.18. The molecule has 0 unspecified atom stereocenters. The number of benzene rings is 1. The van der Waals surface area contributed by atoms with E-state index in [4.69, 9.17) is 4.74 Å². The average molecular weight is 288 g/mol. The van der Waals surface area contributed by atoms with Gasteiger partial charge in [0.25, 0.3) is 0 Å². The van der Waals surface area contributed by atoms with E-state index in [1.54, 1.807) is 13.8 Å². The second kappa shape index (κ2) is 3.73. The maximum Gasteiger partial charge on any atom is 0.233 e. The summed E-state index contributed by atoms with van der Waals surface area (Å²) in [4.78, 5) is 11.8. The third kappa shape index (κ3) is 1.91. The van der Waals surface area contributed by atoms with Crippen LogP contribution >= 0.6 is 15.9 Å². The highest BCUT2D eigenvalue weighted by atomic mass is 79.9. The fourth-order valence-electron chi connectivity index (χ4n) is 1.41. The van der Waals surface area contributed by atoms with E-state index in [1.807, 2.05) is 0 Å². The van der Waals surface area contributed by atoms with Crippen molar-refractivity contribution in [1.82, 2.24) is 0 Å². The minimum atomic E-state index is -0.630. The van der Waals surface area contributed by atoms with Crippen molar-refractivity contribution in [3.63, 3.8) is 0 Å². The molecule has 1 amide bonds. The Bertz CT molecular complexity index is 460. The van der Waals surface area contributed by atoms with Crippen LogP contribution in [0.25, 0.3) is 0 Å². The zero-order chi connectivity index (χ0) is 11.9. The van der Waals surface area contributed by atoms with Gasteiger partial charge in [-0.1, -0.05) is 0 Å². The lowest BCUT2D eigenvalue weighted by molar-refractivity contribution is -0.124. The number of hydrogen-bond acceptors (Lipinski definition) is 2. The molecule has 0 fully saturated rings. The predicted molar refractivity (Wildman–Crippen MR) is 62.0 cm³/mol. The third-order valence-corrected chi connectivity index (χ3v) is 3.04. The molecule has 0 aliphatic carbocycles. The van der Waals surface area contributed by atoms with Gasteiger partial charge in [-0.25, -0.2) is 4.39 Å². The smallest absolute Gasteiger partial charge is 0.233 e. The number of rotatable bonds is 0. The summed E-state index contributed by atoms with van der Waals surface area (Å²) in [5.74, 6) is -0.127. The summed E-state index contributed by atoms with van der Waals surface area (Å²) in [5, 5.41) is 2.66. The first-order valence-electron chi connectivity index (χ1n) is 4.83. The zero-order valence-corrected chi connectivity index (χ0v) is 10.5. The van der Waals surface area contributed by atoms with E-state index in [9.17, 15) is 9.18 Å². The Labute approximate surface area is 101 Å². The van der Waals surface area contributed by atoms with Gasteiger partial charge in [-0.2, -0.15) is 0 Å². The van der Waals surface area contributed by atoms with Crippen molar-refractivity contribution in [3.05, 3.63) is 22.4 Å². The first-order chi connectivity index (χ1) is 7.40. The summed E-state index contributed by atoms with van der Waals surface area (Å²) < 4.78 is 19.2. The van der Waals surface area contributed by atoms with Crippen molar-refractivity contribution in [2.75, 3.05) is 11.9 Å². The largest absolute Gasteiger partial charge is 0.489 e. The normalized spacial score (nSPS) is 18.1. The Hall–Kier alpha value is -1.10. The summed E-state index contributed by atoms with van der Waals surface area (Å²) in [6.07, 6.45) is 0. The van der Waals surface area contributed by atoms with Crippen LogP contribution < -0.4 is 10.1 Å². The highest BCUT2D eigenvalue weighted by Crippen LogP contribution is 2.38. The molecule has 0 saturated heterocycles. The van der Waals surface area contributed by atoms with Crippen molar-refractivity contribution in [1.29, 1.82) is 0 Å². The molecule has 1 aromatic rings. The van der Waals surface area contributed by atoms with Gasteiger partial charge in [0.1, 0.15) is 12.4 Å². The van der Waals surface area contributed by atoms with Gasteiger partial charge in [0, 0.05) is 6.07 Å². The Balaban J connectivity index is 2.49. The molecule has 86 valence electrons. The van der Waals surface area contributed by atoms with Crippen LogP contribution in [0.1, 0.15) is 13.8 Å². The fourth-order valence-corrected chi connectivity index (χ4v) is 1.96. The summed E-state index contributed by atoms with van der Waals surface area (Å²) >= 11 is 3.21. The van der Waals surface area contributed by atoms with E-state index in [-0.39, 0.29) is 12.5 Å². The van der Waals surface area contributed by atoms with E-state index in [2.05, 4.69) is 21.2 Å². The molecule has 1 heterocycles. The van der Waals surface area contributed by atoms with Gasteiger partial charge in [-0.15, -0.1) is 0 Å². The maximum atomic E-state index is 13.2. The van der Waals surface area contributed by atoms with Gasteiger partial charge in [0.2, 0.25) is 5.91 Å². The molecule has 0 atom stereocenters. The maximum absolute atomic E-state index is 13.2. The number of carbonyl (C=O) groups is 1. The lowest BCUT2D eigenvalue weighted by atomic mass is 9.94. The number of anilines is 1. The first kappa shape index (κ1) is 11.4. The standard InChI is InChI=1S/C11H11BrFNO2/c1-11(2)5-16-9-7(12)3-6(13)4-8(9)14-10(11)15/h3-4H,5H2,1-2H3,(H,14,15). The van der Waals surface area contributed by atoms with Crippen molar-refractivity contribution in [2.24, 2.45) is 5.41 Å². The molecule has 0 radical (unpaired) electrons. The van der Waals surface area contributed by atoms with Crippen LogP contribution in [0.2, 0.25) is 0 Å². The number of ether oxygens (including phenoxy) is 1. The molecule has 0 aromatic heterocycles. The predicted octanol–water partition coefficient (Wildman–Crippen LogP) is 2.95. The second-order valence-corrected chi connectivity index (χ2v) is 5.25. The van der Waals surface area contributed by atoms with Crippen molar-refractivity contribution >= 4 is 27.5 Å². The molecule has 5 heteroatoms. The van der Waals surface area contributed by atoms with Crippen molar-refractivity contribution < 1.29 is 13.9 Å². The summed E-state index contributed by atoms with van der Waals surface area (Å²) in [6.45, 7) is 3.81. The Morgan fingerprint density at radius 3 is 2.88 bits per heavy atom. The zero-order valence-electron chi connectivity index (χ0n) is 8.93. The Morgan fingerprint density at radius 1 is 1.50 bits per heavy atom. The van der Waals surface area contributed by atoms with E-state index in [0.29, 0.717) is 15.9 Å². The third-order valence-electron chi connectivity index (χ3n) is 2.45. The Kier molecular flexibility index (Phi) is 2.66. The molecule has 16 heavy (non-hydrogen) atoms. The Morgan fingerprint density at radius 2 is 2.19 bits per heavy atom. The fraction of sp³-hybridized carbons (Fsp3) is 0.364. The van der Waals surface area contributed by atoms with E-state index >= 15 is 0 Å². The molecule has 2 rings (SSSR count). The number of nitrogens with one attached hydrogen (secondary N) is 1. The monoisotopic (exact) mass is 287 g/mol. The number of halogens is 2. The number of carbonyl (C=O) groups excluding carboxylic acids is 1. The van der Waals surface area contributed by atoms with E-state index in [1.165, 1.54) is 12.1 Å². The molecule has 0 spiro atoms. The van der Waals surface area contributed by atoms with Gasteiger partial charge < -0.3 is 10.1 Å². The number of hydrogen-bond donors (Lipinski definition) is 1. The van der Waals surface area contributed by atoms with E-state index < -0.39 is 11.2 Å². The molecule has 0 saturated carbocycles. The minimum Gasteiger partial charge on any atom is -0.489 e.